The molecule has 0 saturated carbocycles. The van der Waals surface area contributed by atoms with Gasteiger partial charge in [-0.1, -0.05) is 42.5 Å². The van der Waals surface area contributed by atoms with Crippen molar-refractivity contribution in [1.29, 1.82) is 0 Å². The Labute approximate surface area is 144 Å². The molecule has 0 spiro atoms. The van der Waals surface area contributed by atoms with Crippen LogP contribution in [0.5, 0.6) is 5.88 Å². The van der Waals surface area contributed by atoms with Gasteiger partial charge in [0.2, 0.25) is 5.88 Å². The van der Waals surface area contributed by atoms with E-state index in [9.17, 15) is 9.18 Å². The van der Waals surface area contributed by atoms with E-state index in [1.807, 2.05) is 30.3 Å². The highest BCUT2D eigenvalue weighted by molar-refractivity contribution is 5.92. The van der Waals surface area contributed by atoms with Crippen LogP contribution >= 0.6 is 0 Å². The second-order valence-corrected chi connectivity index (χ2v) is 5.32. The second-order valence-electron chi connectivity index (χ2n) is 5.32. The Kier molecular flexibility index (Phi) is 5.31. The van der Waals surface area contributed by atoms with E-state index in [-0.39, 0.29) is 24.0 Å². The Bertz CT molecular complexity index is 839. The third-order valence-corrected chi connectivity index (χ3v) is 3.47. The number of halogens is 1. The van der Waals surface area contributed by atoms with Crippen LogP contribution in [0, 0.1) is 5.82 Å². The average Bonchev–Trinajstić information content (AvgIpc) is 2.67. The predicted octanol–water partition coefficient (Wildman–Crippen LogP) is 3.12. The van der Waals surface area contributed by atoms with E-state index in [0.717, 1.165) is 11.1 Å². The summed E-state index contributed by atoms with van der Waals surface area (Å²) in [5, 5.41) is 2.73. The Balaban J connectivity index is 1.58. The summed E-state index contributed by atoms with van der Waals surface area (Å²) in [5.74, 6) is -0.340. The van der Waals surface area contributed by atoms with Gasteiger partial charge in [-0.3, -0.25) is 4.79 Å². The molecule has 2 aromatic carbocycles. The first kappa shape index (κ1) is 16.6. The lowest BCUT2D eigenvalue weighted by Gasteiger charge is -2.07. The molecule has 0 aliphatic rings. The standard InChI is InChI=1S/C19H16FN3O2/c20-16-8-6-14(7-9-16)11-21-19(24)17-10-18(23-13-22-17)25-12-15-4-2-1-3-5-15/h1-10,13H,11-12H2,(H,21,24). The first-order valence-corrected chi connectivity index (χ1v) is 7.72. The van der Waals surface area contributed by atoms with Crippen LogP contribution in [0.1, 0.15) is 21.6 Å². The summed E-state index contributed by atoms with van der Waals surface area (Å²) in [6.07, 6.45) is 1.28. The summed E-state index contributed by atoms with van der Waals surface area (Å²) in [6.45, 7) is 0.637. The first-order valence-electron chi connectivity index (χ1n) is 7.72. The Morgan fingerprint density at radius 1 is 1.00 bits per heavy atom. The van der Waals surface area contributed by atoms with Crippen molar-refractivity contribution in [3.63, 3.8) is 0 Å². The lowest BCUT2D eigenvalue weighted by molar-refractivity contribution is 0.0945. The number of rotatable bonds is 6. The van der Waals surface area contributed by atoms with Gasteiger partial charge in [-0.05, 0) is 23.3 Å². The minimum atomic E-state index is -0.351. The van der Waals surface area contributed by atoms with Crippen LogP contribution in [0.4, 0.5) is 4.39 Å². The van der Waals surface area contributed by atoms with Gasteiger partial charge in [0.15, 0.2) is 0 Å². The van der Waals surface area contributed by atoms with Crippen molar-refractivity contribution in [2.24, 2.45) is 0 Å². The van der Waals surface area contributed by atoms with E-state index in [1.54, 1.807) is 12.1 Å². The van der Waals surface area contributed by atoms with Crippen molar-refractivity contribution in [1.82, 2.24) is 15.3 Å². The average molecular weight is 337 g/mol. The molecule has 5 nitrogen and oxygen atoms in total. The minimum Gasteiger partial charge on any atom is -0.473 e. The normalized spacial score (nSPS) is 10.3. The number of carbonyl (C=O) groups is 1. The van der Waals surface area contributed by atoms with Gasteiger partial charge in [-0.15, -0.1) is 0 Å². The summed E-state index contributed by atoms with van der Waals surface area (Å²) >= 11 is 0. The van der Waals surface area contributed by atoms with Gasteiger partial charge in [-0.25, -0.2) is 14.4 Å². The molecule has 25 heavy (non-hydrogen) atoms. The largest absolute Gasteiger partial charge is 0.473 e. The molecule has 3 aromatic rings. The molecule has 6 heteroatoms. The Morgan fingerprint density at radius 2 is 1.76 bits per heavy atom. The van der Waals surface area contributed by atoms with Gasteiger partial charge in [0, 0.05) is 12.6 Å². The summed E-state index contributed by atoms with van der Waals surface area (Å²) in [6, 6.07) is 17.1. The Morgan fingerprint density at radius 3 is 2.52 bits per heavy atom. The summed E-state index contributed by atoms with van der Waals surface area (Å²) in [5.41, 5.74) is 2.01. The number of nitrogens with zero attached hydrogens (tertiary/aromatic N) is 2. The lowest BCUT2D eigenvalue weighted by Crippen LogP contribution is -2.24. The van der Waals surface area contributed by atoms with Crippen molar-refractivity contribution in [2.75, 3.05) is 0 Å². The van der Waals surface area contributed by atoms with E-state index in [0.29, 0.717) is 12.5 Å². The van der Waals surface area contributed by atoms with Crippen molar-refractivity contribution >= 4 is 5.91 Å². The van der Waals surface area contributed by atoms with Gasteiger partial charge in [-0.2, -0.15) is 0 Å². The molecule has 0 radical (unpaired) electrons. The predicted molar refractivity (Wildman–Crippen MR) is 90.4 cm³/mol. The molecule has 0 bridgehead atoms. The van der Waals surface area contributed by atoms with Gasteiger partial charge in [0.25, 0.3) is 5.91 Å². The number of aromatic nitrogens is 2. The van der Waals surface area contributed by atoms with E-state index >= 15 is 0 Å². The zero-order valence-corrected chi connectivity index (χ0v) is 13.4. The van der Waals surface area contributed by atoms with Gasteiger partial charge in [0.05, 0.1) is 0 Å². The highest BCUT2D eigenvalue weighted by atomic mass is 19.1. The Hall–Kier alpha value is -3.28. The highest BCUT2D eigenvalue weighted by Crippen LogP contribution is 2.10. The number of amides is 1. The van der Waals surface area contributed by atoms with Crippen LogP contribution < -0.4 is 10.1 Å². The number of carbonyl (C=O) groups excluding carboxylic acids is 1. The van der Waals surface area contributed by atoms with Crippen LogP contribution in [0.25, 0.3) is 0 Å². The fourth-order valence-corrected chi connectivity index (χ4v) is 2.15. The highest BCUT2D eigenvalue weighted by Gasteiger charge is 2.09. The lowest BCUT2D eigenvalue weighted by atomic mass is 10.2. The quantitative estimate of drug-likeness (QED) is 0.751. The first-order chi connectivity index (χ1) is 12.2. The maximum absolute atomic E-state index is 12.9. The molecular weight excluding hydrogens is 321 g/mol. The molecule has 0 atom stereocenters. The van der Waals surface area contributed by atoms with Crippen LogP contribution in [0.15, 0.2) is 67.0 Å². The molecule has 0 aliphatic carbocycles. The molecular formula is C19H16FN3O2. The monoisotopic (exact) mass is 337 g/mol. The van der Waals surface area contributed by atoms with Crippen LogP contribution in [0.2, 0.25) is 0 Å². The fraction of sp³-hybridized carbons (Fsp3) is 0.105. The van der Waals surface area contributed by atoms with Gasteiger partial charge in [0.1, 0.15) is 24.4 Å². The van der Waals surface area contributed by atoms with Crippen molar-refractivity contribution in [3.8, 4) is 5.88 Å². The fourth-order valence-electron chi connectivity index (χ4n) is 2.15. The number of benzene rings is 2. The molecule has 3 rings (SSSR count). The summed E-state index contributed by atoms with van der Waals surface area (Å²) < 4.78 is 18.5. The van der Waals surface area contributed by atoms with E-state index in [1.165, 1.54) is 24.5 Å². The van der Waals surface area contributed by atoms with E-state index < -0.39 is 0 Å². The zero-order chi connectivity index (χ0) is 17.5. The van der Waals surface area contributed by atoms with Crippen molar-refractivity contribution in [3.05, 3.63) is 89.6 Å². The van der Waals surface area contributed by atoms with Crippen LogP contribution in [-0.4, -0.2) is 15.9 Å². The van der Waals surface area contributed by atoms with Crippen LogP contribution in [0.3, 0.4) is 0 Å². The summed E-state index contributed by atoms with van der Waals surface area (Å²) in [7, 11) is 0. The van der Waals surface area contributed by atoms with Crippen LogP contribution in [-0.2, 0) is 13.2 Å². The molecule has 1 aromatic heterocycles. The number of hydrogen-bond acceptors (Lipinski definition) is 4. The topological polar surface area (TPSA) is 64.1 Å². The minimum absolute atomic E-state index is 0.208. The van der Waals surface area contributed by atoms with Crippen molar-refractivity contribution in [2.45, 2.75) is 13.2 Å². The third-order valence-electron chi connectivity index (χ3n) is 3.47. The van der Waals surface area contributed by atoms with Gasteiger partial charge >= 0.3 is 0 Å². The molecule has 126 valence electrons. The van der Waals surface area contributed by atoms with Gasteiger partial charge < -0.3 is 10.1 Å². The number of hydrogen-bond donors (Lipinski definition) is 1. The number of nitrogens with one attached hydrogen (secondary N) is 1. The zero-order valence-electron chi connectivity index (χ0n) is 13.4. The summed E-state index contributed by atoms with van der Waals surface area (Å²) in [4.78, 5) is 20.1. The molecule has 0 aliphatic heterocycles. The number of ether oxygens (including phenoxy) is 1. The maximum Gasteiger partial charge on any atom is 0.270 e. The SMILES string of the molecule is O=C(NCc1ccc(F)cc1)c1cc(OCc2ccccc2)ncn1. The molecule has 0 saturated heterocycles. The van der Waals surface area contributed by atoms with Crippen molar-refractivity contribution < 1.29 is 13.9 Å². The molecule has 1 amide bonds. The maximum atomic E-state index is 12.9. The smallest absolute Gasteiger partial charge is 0.270 e. The van der Waals surface area contributed by atoms with E-state index in [2.05, 4.69) is 15.3 Å². The second kappa shape index (κ2) is 8.01. The molecule has 0 fully saturated rings. The molecule has 1 N–H and O–H groups in total. The molecule has 1 heterocycles. The molecule has 0 unspecified atom stereocenters. The van der Waals surface area contributed by atoms with E-state index in [4.69, 9.17) is 4.74 Å². The third kappa shape index (κ3) is 4.84.